The van der Waals surface area contributed by atoms with Crippen LogP contribution < -0.4 is 21.5 Å². The number of nitrogens with one attached hydrogen (secondary N) is 1. The van der Waals surface area contributed by atoms with Crippen LogP contribution in [-0.2, 0) is 4.79 Å². The van der Waals surface area contributed by atoms with Crippen molar-refractivity contribution in [3.8, 4) is 5.75 Å². The van der Waals surface area contributed by atoms with Gasteiger partial charge in [-0.2, -0.15) is 0 Å². The number of nitrogens with two attached hydrogens (primary N) is 2. The molecule has 0 radical (unpaired) electrons. The van der Waals surface area contributed by atoms with Crippen LogP contribution in [0.5, 0.6) is 5.75 Å². The number of anilines is 1. The SMILES string of the molecule is COc1cccc(NCC(N)C(N)=O)c1. The maximum atomic E-state index is 10.7. The van der Waals surface area contributed by atoms with Crippen molar-refractivity contribution in [2.45, 2.75) is 6.04 Å². The fraction of sp³-hybridized carbons (Fsp3) is 0.300. The van der Waals surface area contributed by atoms with Crippen molar-refractivity contribution in [3.63, 3.8) is 0 Å². The van der Waals surface area contributed by atoms with E-state index in [4.69, 9.17) is 16.2 Å². The lowest BCUT2D eigenvalue weighted by Crippen LogP contribution is -2.41. The molecule has 1 aromatic carbocycles. The molecule has 0 heterocycles. The van der Waals surface area contributed by atoms with Gasteiger partial charge in [0.05, 0.1) is 7.11 Å². The highest BCUT2D eigenvalue weighted by Crippen LogP contribution is 2.16. The second kappa shape index (κ2) is 5.21. The molecule has 0 aliphatic rings. The summed E-state index contributed by atoms with van der Waals surface area (Å²) >= 11 is 0. The molecule has 0 fully saturated rings. The first-order valence-electron chi connectivity index (χ1n) is 4.56. The summed E-state index contributed by atoms with van der Waals surface area (Å²) in [6, 6.07) is 6.66. The molecule has 5 heteroatoms. The average Bonchev–Trinajstić information content (AvgIpc) is 2.26. The first-order valence-corrected chi connectivity index (χ1v) is 4.56. The van der Waals surface area contributed by atoms with Crippen LogP contribution in [0.3, 0.4) is 0 Å². The van der Waals surface area contributed by atoms with E-state index >= 15 is 0 Å². The Morgan fingerprint density at radius 1 is 1.60 bits per heavy atom. The number of primary amides is 1. The lowest BCUT2D eigenvalue weighted by Gasteiger charge is -2.11. The molecular weight excluding hydrogens is 194 g/mol. The number of ether oxygens (including phenoxy) is 1. The highest BCUT2D eigenvalue weighted by molar-refractivity contribution is 5.80. The Balaban J connectivity index is 2.53. The summed E-state index contributed by atoms with van der Waals surface area (Å²) in [6.45, 7) is 0.308. The zero-order valence-corrected chi connectivity index (χ0v) is 8.57. The van der Waals surface area contributed by atoms with Gasteiger partial charge in [0.25, 0.3) is 0 Å². The van der Waals surface area contributed by atoms with Gasteiger partial charge in [0.15, 0.2) is 0 Å². The Kier molecular flexibility index (Phi) is 3.93. The van der Waals surface area contributed by atoms with Gasteiger partial charge in [0, 0.05) is 18.3 Å². The number of carbonyl (C=O) groups excluding carboxylic acids is 1. The van der Waals surface area contributed by atoms with E-state index in [1.807, 2.05) is 24.3 Å². The molecule has 5 N–H and O–H groups in total. The van der Waals surface area contributed by atoms with Gasteiger partial charge in [-0.1, -0.05) is 6.07 Å². The molecule has 0 saturated heterocycles. The Bertz CT molecular complexity index is 341. The van der Waals surface area contributed by atoms with Crippen LogP contribution in [0, 0.1) is 0 Å². The molecule has 0 saturated carbocycles. The van der Waals surface area contributed by atoms with Crippen LogP contribution in [0.25, 0.3) is 0 Å². The minimum Gasteiger partial charge on any atom is -0.497 e. The van der Waals surface area contributed by atoms with E-state index in [2.05, 4.69) is 5.32 Å². The first-order chi connectivity index (χ1) is 7.13. The molecule has 0 spiro atoms. The van der Waals surface area contributed by atoms with E-state index in [-0.39, 0.29) is 0 Å². The third-order valence-electron chi connectivity index (χ3n) is 1.96. The third kappa shape index (κ3) is 3.47. The normalized spacial score (nSPS) is 11.9. The maximum Gasteiger partial charge on any atom is 0.236 e. The van der Waals surface area contributed by atoms with E-state index in [9.17, 15) is 4.79 Å². The number of benzene rings is 1. The molecule has 1 aromatic rings. The summed E-state index contributed by atoms with van der Waals surface area (Å²) in [7, 11) is 1.59. The molecule has 0 aliphatic carbocycles. The van der Waals surface area contributed by atoms with Gasteiger partial charge in [-0.05, 0) is 12.1 Å². The van der Waals surface area contributed by atoms with E-state index in [0.29, 0.717) is 6.54 Å². The fourth-order valence-electron chi connectivity index (χ4n) is 1.06. The van der Waals surface area contributed by atoms with Crippen molar-refractivity contribution in [2.75, 3.05) is 19.0 Å². The van der Waals surface area contributed by atoms with Gasteiger partial charge in [-0.15, -0.1) is 0 Å². The Morgan fingerprint density at radius 2 is 2.33 bits per heavy atom. The molecule has 1 atom stereocenters. The summed E-state index contributed by atoms with van der Waals surface area (Å²) in [6.07, 6.45) is 0. The smallest absolute Gasteiger partial charge is 0.236 e. The van der Waals surface area contributed by atoms with E-state index in [1.165, 1.54) is 0 Å². The summed E-state index contributed by atoms with van der Waals surface area (Å²) in [4.78, 5) is 10.7. The number of hydrogen-bond acceptors (Lipinski definition) is 4. The minimum absolute atomic E-state index is 0.308. The maximum absolute atomic E-state index is 10.7. The molecule has 1 unspecified atom stereocenters. The Morgan fingerprint density at radius 3 is 2.93 bits per heavy atom. The van der Waals surface area contributed by atoms with Crippen LogP contribution in [0.2, 0.25) is 0 Å². The lowest BCUT2D eigenvalue weighted by molar-refractivity contribution is -0.118. The standard InChI is InChI=1S/C10H15N3O2/c1-15-8-4-2-3-7(5-8)13-6-9(11)10(12)14/h2-5,9,13H,6,11H2,1H3,(H2,12,14). The molecule has 1 amide bonds. The van der Waals surface area contributed by atoms with Crippen LogP contribution in [-0.4, -0.2) is 25.6 Å². The Hall–Kier alpha value is -1.75. The van der Waals surface area contributed by atoms with E-state index in [0.717, 1.165) is 11.4 Å². The number of carbonyl (C=O) groups is 1. The molecule has 15 heavy (non-hydrogen) atoms. The summed E-state index contributed by atoms with van der Waals surface area (Å²) in [5.74, 6) is 0.220. The highest BCUT2D eigenvalue weighted by atomic mass is 16.5. The molecule has 0 aliphatic heterocycles. The lowest BCUT2D eigenvalue weighted by atomic mass is 10.2. The number of hydrogen-bond donors (Lipinski definition) is 3. The van der Waals surface area contributed by atoms with Gasteiger partial charge >= 0.3 is 0 Å². The minimum atomic E-state index is -0.684. The van der Waals surface area contributed by atoms with E-state index in [1.54, 1.807) is 7.11 Å². The number of rotatable bonds is 5. The van der Waals surface area contributed by atoms with Crippen LogP contribution >= 0.6 is 0 Å². The Labute approximate surface area is 88.4 Å². The van der Waals surface area contributed by atoms with Crippen LogP contribution in [0.1, 0.15) is 0 Å². The molecule has 1 rings (SSSR count). The fourth-order valence-corrected chi connectivity index (χ4v) is 1.06. The van der Waals surface area contributed by atoms with Crippen LogP contribution in [0.15, 0.2) is 24.3 Å². The van der Waals surface area contributed by atoms with Crippen molar-refractivity contribution in [1.29, 1.82) is 0 Å². The van der Waals surface area contributed by atoms with Gasteiger partial charge in [-0.3, -0.25) is 4.79 Å². The van der Waals surface area contributed by atoms with E-state index < -0.39 is 11.9 Å². The first kappa shape index (κ1) is 11.3. The molecule has 82 valence electrons. The third-order valence-corrected chi connectivity index (χ3v) is 1.96. The van der Waals surface area contributed by atoms with Gasteiger partial charge in [0.1, 0.15) is 11.8 Å². The zero-order valence-electron chi connectivity index (χ0n) is 8.57. The number of methoxy groups -OCH3 is 1. The predicted molar refractivity (Wildman–Crippen MR) is 58.7 cm³/mol. The van der Waals surface area contributed by atoms with Crippen molar-refractivity contribution in [3.05, 3.63) is 24.3 Å². The summed E-state index contributed by atoms with van der Waals surface area (Å²) < 4.78 is 5.05. The summed E-state index contributed by atoms with van der Waals surface area (Å²) in [5, 5.41) is 2.99. The topological polar surface area (TPSA) is 90.4 Å². The van der Waals surface area contributed by atoms with Crippen molar-refractivity contribution >= 4 is 11.6 Å². The van der Waals surface area contributed by atoms with Crippen molar-refractivity contribution in [2.24, 2.45) is 11.5 Å². The number of amides is 1. The second-order valence-electron chi connectivity index (χ2n) is 3.12. The van der Waals surface area contributed by atoms with Gasteiger partial charge < -0.3 is 21.5 Å². The van der Waals surface area contributed by atoms with Crippen molar-refractivity contribution < 1.29 is 9.53 Å². The average molecular weight is 209 g/mol. The highest BCUT2D eigenvalue weighted by Gasteiger charge is 2.07. The monoisotopic (exact) mass is 209 g/mol. The van der Waals surface area contributed by atoms with Crippen molar-refractivity contribution in [1.82, 2.24) is 0 Å². The van der Waals surface area contributed by atoms with Gasteiger partial charge in [0.2, 0.25) is 5.91 Å². The van der Waals surface area contributed by atoms with Gasteiger partial charge in [-0.25, -0.2) is 0 Å². The quantitative estimate of drug-likeness (QED) is 0.632. The largest absolute Gasteiger partial charge is 0.497 e. The molecule has 0 aromatic heterocycles. The predicted octanol–water partition coefficient (Wildman–Crippen LogP) is -0.0803. The summed E-state index contributed by atoms with van der Waals surface area (Å²) in [5.41, 5.74) is 11.3. The molecule has 5 nitrogen and oxygen atoms in total. The molecule has 0 bridgehead atoms. The second-order valence-corrected chi connectivity index (χ2v) is 3.12. The molecular formula is C10H15N3O2. The van der Waals surface area contributed by atoms with Crippen LogP contribution in [0.4, 0.5) is 5.69 Å². The zero-order chi connectivity index (χ0) is 11.3.